The van der Waals surface area contributed by atoms with Crippen LogP contribution in [-0.4, -0.2) is 27.6 Å². The highest BCUT2D eigenvalue weighted by molar-refractivity contribution is 9.10. The van der Waals surface area contributed by atoms with Crippen molar-refractivity contribution in [3.05, 3.63) is 80.4 Å². The van der Waals surface area contributed by atoms with Crippen molar-refractivity contribution < 1.29 is 9.59 Å². The smallest absolute Gasteiger partial charge is 0.251 e. The Morgan fingerprint density at radius 2 is 1.97 bits per heavy atom. The molecule has 2 amide bonds. The number of carbonyl (C=O) groups is 2. The third-order valence-corrected chi connectivity index (χ3v) is 5.78. The number of benzene rings is 2. The summed E-state index contributed by atoms with van der Waals surface area (Å²) in [5.41, 5.74) is 3.04. The molecule has 2 N–H and O–H groups in total. The van der Waals surface area contributed by atoms with Crippen LogP contribution in [0.1, 0.15) is 33.1 Å². The van der Waals surface area contributed by atoms with Crippen molar-refractivity contribution in [2.45, 2.75) is 18.9 Å². The van der Waals surface area contributed by atoms with Gasteiger partial charge in [0.2, 0.25) is 5.91 Å². The molecule has 0 bridgehead atoms. The number of halogens is 2. The van der Waals surface area contributed by atoms with Crippen LogP contribution in [0.25, 0.3) is 0 Å². The Labute approximate surface area is 181 Å². The predicted molar refractivity (Wildman–Crippen MR) is 115 cm³/mol. The Hall–Kier alpha value is -2.64. The van der Waals surface area contributed by atoms with Crippen molar-refractivity contribution in [3.8, 4) is 0 Å². The van der Waals surface area contributed by atoms with Gasteiger partial charge in [-0.25, -0.2) is 0 Å². The maximum atomic E-state index is 13.0. The molecule has 29 heavy (non-hydrogen) atoms. The zero-order valence-electron chi connectivity index (χ0n) is 15.7. The highest BCUT2D eigenvalue weighted by Crippen LogP contribution is 2.39. The van der Waals surface area contributed by atoms with Crippen LogP contribution in [-0.2, 0) is 11.8 Å². The van der Waals surface area contributed by atoms with Gasteiger partial charge in [0.15, 0.2) is 0 Å². The molecule has 0 saturated heterocycles. The molecule has 0 fully saturated rings. The quantitative estimate of drug-likeness (QED) is 0.603. The molecule has 0 spiro atoms. The summed E-state index contributed by atoms with van der Waals surface area (Å²) in [6, 6.07) is 13.5. The minimum Gasteiger partial charge on any atom is -0.339 e. The predicted octanol–water partition coefficient (Wildman–Crippen LogP) is 4.03. The summed E-state index contributed by atoms with van der Waals surface area (Å²) in [4.78, 5) is 25.9. The number of aryl methyl sites for hydroxylation is 2. The first kappa shape index (κ1) is 19.7. The molecule has 4 rings (SSSR count). The van der Waals surface area contributed by atoms with Gasteiger partial charge in [-0.15, -0.1) is 0 Å². The minimum atomic E-state index is -0.789. The summed E-state index contributed by atoms with van der Waals surface area (Å²) < 4.78 is 2.55. The minimum absolute atomic E-state index is 0.284. The van der Waals surface area contributed by atoms with Crippen molar-refractivity contribution >= 4 is 45.2 Å². The van der Waals surface area contributed by atoms with Crippen LogP contribution in [0, 0.1) is 6.92 Å². The second kappa shape index (κ2) is 7.65. The average molecular weight is 474 g/mol. The largest absolute Gasteiger partial charge is 0.339 e. The fourth-order valence-corrected chi connectivity index (χ4v) is 4.28. The van der Waals surface area contributed by atoms with E-state index in [0.29, 0.717) is 16.4 Å². The van der Waals surface area contributed by atoms with E-state index in [-0.39, 0.29) is 17.7 Å². The van der Waals surface area contributed by atoms with E-state index < -0.39 is 6.04 Å². The van der Waals surface area contributed by atoms with Gasteiger partial charge in [0.05, 0.1) is 5.69 Å². The number of amides is 2. The van der Waals surface area contributed by atoms with E-state index in [4.69, 9.17) is 11.6 Å². The standard InChI is InChI=1S/C21H18BrClN4O2/c1-11-16-17(13-4-3-5-14(22)10-13)18(21(29)25-19(16)27(2)26-11)24-20(28)12-6-8-15(23)9-7-12/h3-10,17-18H,1-2H3,(H,24,28)(H,25,29)/t17-,18+/m1/s1. The van der Waals surface area contributed by atoms with Gasteiger partial charge in [0, 0.05) is 33.6 Å². The molecular formula is C21H18BrClN4O2. The normalized spacial score (nSPS) is 18.1. The number of nitrogens with one attached hydrogen (secondary N) is 2. The SMILES string of the molecule is Cc1nn(C)c2c1[C@@H](c1cccc(Br)c1)[C@H](NC(=O)c1ccc(Cl)cc1)C(=O)N2. The number of fused-ring (bicyclic) bond motifs is 1. The number of aromatic nitrogens is 2. The number of hydrogen-bond acceptors (Lipinski definition) is 3. The fourth-order valence-electron chi connectivity index (χ4n) is 3.74. The van der Waals surface area contributed by atoms with Gasteiger partial charge in [0.25, 0.3) is 5.91 Å². The molecule has 1 aromatic heterocycles. The maximum absolute atomic E-state index is 13.0. The van der Waals surface area contributed by atoms with Crippen LogP contribution >= 0.6 is 27.5 Å². The van der Waals surface area contributed by atoms with Gasteiger partial charge in [0.1, 0.15) is 11.9 Å². The van der Waals surface area contributed by atoms with Crippen LogP contribution in [0.5, 0.6) is 0 Å². The van der Waals surface area contributed by atoms with E-state index in [1.807, 2.05) is 31.2 Å². The molecule has 148 valence electrons. The van der Waals surface area contributed by atoms with Crippen LogP contribution < -0.4 is 10.6 Å². The molecule has 2 atom stereocenters. The summed E-state index contributed by atoms with van der Waals surface area (Å²) in [6.07, 6.45) is 0. The van der Waals surface area contributed by atoms with Crippen LogP contribution in [0.3, 0.4) is 0 Å². The van der Waals surface area contributed by atoms with Crippen molar-refractivity contribution in [1.82, 2.24) is 15.1 Å². The molecule has 8 heteroatoms. The molecule has 2 aromatic carbocycles. The van der Waals surface area contributed by atoms with Crippen LogP contribution in [0.4, 0.5) is 5.82 Å². The number of hydrogen-bond donors (Lipinski definition) is 2. The van der Waals surface area contributed by atoms with Crippen molar-refractivity contribution in [2.75, 3.05) is 5.32 Å². The van der Waals surface area contributed by atoms with E-state index in [1.54, 1.807) is 36.0 Å². The lowest BCUT2D eigenvalue weighted by Gasteiger charge is -2.32. The Kier molecular flexibility index (Phi) is 5.19. The lowest BCUT2D eigenvalue weighted by molar-refractivity contribution is -0.118. The monoisotopic (exact) mass is 472 g/mol. The summed E-state index contributed by atoms with van der Waals surface area (Å²) in [5, 5.41) is 10.8. The maximum Gasteiger partial charge on any atom is 0.251 e. The lowest BCUT2D eigenvalue weighted by Crippen LogP contribution is -2.50. The second-order valence-corrected chi connectivity index (χ2v) is 8.30. The zero-order valence-corrected chi connectivity index (χ0v) is 18.1. The summed E-state index contributed by atoms with van der Waals surface area (Å²) in [7, 11) is 1.79. The highest BCUT2D eigenvalue weighted by Gasteiger charge is 2.41. The lowest BCUT2D eigenvalue weighted by atomic mass is 9.82. The Morgan fingerprint density at radius 3 is 2.66 bits per heavy atom. The summed E-state index contributed by atoms with van der Waals surface area (Å²) in [6.45, 7) is 1.90. The fraction of sp³-hybridized carbons (Fsp3) is 0.190. The molecule has 0 aliphatic carbocycles. The van der Waals surface area contributed by atoms with E-state index in [2.05, 4.69) is 31.7 Å². The molecule has 3 aromatic rings. The second-order valence-electron chi connectivity index (χ2n) is 6.95. The Morgan fingerprint density at radius 1 is 1.24 bits per heavy atom. The van der Waals surface area contributed by atoms with Crippen molar-refractivity contribution in [2.24, 2.45) is 7.05 Å². The van der Waals surface area contributed by atoms with Gasteiger partial charge < -0.3 is 10.6 Å². The third-order valence-electron chi connectivity index (χ3n) is 5.04. The first-order valence-corrected chi connectivity index (χ1v) is 10.2. The number of anilines is 1. The van der Waals surface area contributed by atoms with E-state index >= 15 is 0 Å². The van der Waals surface area contributed by atoms with E-state index in [9.17, 15) is 9.59 Å². The van der Waals surface area contributed by atoms with E-state index in [0.717, 1.165) is 21.3 Å². The Bertz CT molecular complexity index is 1110. The molecule has 0 unspecified atom stereocenters. The number of rotatable bonds is 3. The molecule has 1 aliphatic heterocycles. The molecule has 6 nitrogen and oxygen atoms in total. The van der Waals surface area contributed by atoms with Gasteiger partial charge >= 0.3 is 0 Å². The first-order valence-electron chi connectivity index (χ1n) is 9.01. The molecule has 0 radical (unpaired) electrons. The summed E-state index contributed by atoms with van der Waals surface area (Å²) >= 11 is 9.42. The zero-order chi connectivity index (χ0) is 20.7. The van der Waals surface area contributed by atoms with Gasteiger partial charge in [-0.1, -0.05) is 39.7 Å². The highest BCUT2D eigenvalue weighted by atomic mass is 79.9. The van der Waals surface area contributed by atoms with Crippen LogP contribution in [0.15, 0.2) is 53.0 Å². The molecule has 2 heterocycles. The number of nitrogens with zero attached hydrogens (tertiary/aromatic N) is 2. The Balaban J connectivity index is 1.78. The topological polar surface area (TPSA) is 76.0 Å². The third kappa shape index (κ3) is 3.68. The summed E-state index contributed by atoms with van der Waals surface area (Å²) in [5.74, 6) is -0.352. The van der Waals surface area contributed by atoms with Crippen LogP contribution in [0.2, 0.25) is 5.02 Å². The van der Waals surface area contributed by atoms with Gasteiger partial charge in [-0.3, -0.25) is 14.3 Å². The molecule has 1 aliphatic rings. The average Bonchev–Trinajstić information content (AvgIpc) is 2.96. The first-order chi connectivity index (χ1) is 13.8. The van der Waals surface area contributed by atoms with Gasteiger partial charge in [-0.2, -0.15) is 5.10 Å². The van der Waals surface area contributed by atoms with Crippen molar-refractivity contribution in [3.63, 3.8) is 0 Å². The van der Waals surface area contributed by atoms with Gasteiger partial charge in [-0.05, 0) is 48.9 Å². The van der Waals surface area contributed by atoms with E-state index in [1.165, 1.54) is 0 Å². The molecular weight excluding hydrogens is 456 g/mol. The molecule has 0 saturated carbocycles. The van der Waals surface area contributed by atoms with Crippen molar-refractivity contribution in [1.29, 1.82) is 0 Å². The number of carbonyl (C=O) groups excluding carboxylic acids is 2.